The lowest BCUT2D eigenvalue weighted by Gasteiger charge is -2.30. The van der Waals surface area contributed by atoms with Crippen LogP contribution < -0.4 is 15.0 Å². The molecule has 3 rings (SSSR count). The highest BCUT2D eigenvalue weighted by Crippen LogP contribution is 2.30. The number of ether oxygens (including phenoxy) is 3. The molecule has 0 spiro atoms. The van der Waals surface area contributed by atoms with Gasteiger partial charge in [-0.25, -0.2) is 4.79 Å². The number of nitrogens with zero attached hydrogens (tertiary/aromatic N) is 1. The molecule has 2 aromatic carbocycles. The highest BCUT2D eigenvalue weighted by atomic mass is 35.5. The van der Waals surface area contributed by atoms with E-state index in [0.717, 1.165) is 5.69 Å². The third-order valence-electron chi connectivity index (χ3n) is 4.39. The van der Waals surface area contributed by atoms with Crippen LogP contribution in [0.2, 0.25) is 10.0 Å². The van der Waals surface area contributed by atoms with Crippen LogP contribution >= 0.6 is 23.2 Å². The van der Waals surface area contributed by atoms with Crippen LogP contribution in [0.15, 0.2) is 36.4 Å². The van der Waals surface area contributed by atoms with Crippen molar-refractivity contribution in [3.05, 3.63) is 52.0 Å². The van der Waals surface area contributed by atoms with E-state index in [-0.39, 0.29) is 13.2 Å². The van der Waals surface area contributed by atoms with Crippen LogP contribution in [0.25, 0.3) is 0 Å². The first-order chi connectivity index (χ1) is 14.5. The number of nitrogens with one attached hydrogen (secondary N) is 1. The molecule has 0 unspecified atom stereocenters. The smallest absolute Gasteiger partial charge is 0.338 e. The van der Waals surface area contributed by atoms with Crippen molar-refractivity contribution >= 4 is 46.5 Å². The highest BCUT2D eigenvalue weighted by Gasteiger charge is 2.19. The Kier molecular flexibility index (Phi) is 7.79. The van der Waals surface area contributed by atoms with E-state index in [9.17, 15) is 9.59 Å². The third kappa shape index (κ3) is 5.78. The molecule has 9 heteroatoms. The maximum absolute atomic E-state index is 12.5. The largest absolute Gasteiger partial charge is 0.482 e. The second-order valence-corrected chi connectivity index (χ2v) is 7.31. The molecule has 7 nitrogen and oxygen atoms in total. The Morgan fingerprint density at radius 3 is 2.60 bits per heavy atom. The van der Waals surface area contributed by atoms with Gasteiger partial charge in [0.15, 0.2) is 6.61 Å². The molecule has 1 heterocycles. The quantitative estimate of drug-likeness (QED) is 0.639. The van der Waals surface area contributed by atoms with Gasteiger partial charge in [0, 0.05) is 18.1 Å². The van der Waals surface area contributed by atoms with Crippen LogP contribution in [0.5, 0.6) is 5.75 Å². The number of carbonyl (C=O) groups excluding carboxylic acids is 2. The number of hydrogen-bond donors (Lipinski definition) is 1. The molecule has 1 aliphatic rings. The van der Waals surface area contributed by atoms with E-state index in [0.29, 0.717) is 53.3 Å². The minimum Gasteiger partial charge on any atom is -0.482 e. The Labute approximate surface area is 184 Å². The van der Waals surface area contributed by atoms with Gasteiger partial charge in [-0.3, -0.25) is 4.79 Å². The van der Waals surface area contributed by atoms with Crippen molar-refractivity contribution in [3.63, 3.8) is 0 Å². The van der Waals surface area contributed by atoms with Gasteiger partial charge in [0.1, 0.15) is 5.75 Å². The molecule has 1 saturated heterocycles. The van der Waals surface area contributed by atoms with E-state index < -0.39 is 11.9 Å². The van der Waals surface area contributed by atoms with Gasteiger partial charge in [-0.15, -0.1) is 0 Å². The summed E-state index contributed by atoms with van der Waals surface area (Å²) < 4.78 is 16.0. The maximum atomic E-state index is 12.5. The summed E-state index contributed by atoms with van der Waals surface area (Å²) in [6.45, 7) is 4.28. The molecule has 0 aliphatic carbocycles. The zero-order chi connectivity index (χ0) is 21.5. The van der Waals surface area contributed by atoms with E-state index in [1.54, 1.807) is 37.3 Å². The minimum absolute atomic E-state index is 0.256. The zero-order valence-corrected chi connectivity index (χ0v) is 18.0. The average molecular weight is 453 g/mol. The monoisotopic (exact) mass is 452 g/mol. The molecule has 0 bridgehead atoms. The van der Waals surface area contributed by atoms with Gasteiger partial charge in [0.25, 0.3) is 5.91 Å². The summed E-state index contributed by atoms with van der Waals surface area (Å²) in [5.74, 6) is -0.493. The second kappa shape index (κ2) is 10.5. The molecule has 1 amide bonds. The molecular formula is C21H22Cl2N2O5. The molecule has 0 saturated carbocycles. The second-order valence-electron chi connectivity index (χ2n) is 6.46. The number of hydrogen-bond acceptors (Lipinski definition) is 6. The summed E-state index contributed by atoms with van der Waals surface area (Å²) in [7, 11) is 0. The van der Waals surface area contributed by atoms with Crippen LogP contribution in [0.3, 0.4) is 0 Å². The first-order valence-corrected chi connectivity index (χ1v) is 10.2. The molecule has 0 aromatic heterocycles. The normalized spacial score (nSPS) is 13.6. The number of carbonyl (C=O) groups is 2. The Balaban J connectivity index is 1.76. The molecule has 1 aliphatic heterocycles. The van der Waals surface area contributed by atoms with E-state index in [1.165, 1.54) is 6.07 Å². The van der Waals surface area contributed by atoms with Gasteiger partial charge in [0.05, 0.1) is 41.8 Å². The topological polar surface area (TPSA) is 77.1 Å². The fourth-order valence-electron chi connectivity index (χ4n) is 2.98. The summed E-state index contributed by atoms with van der Waals surface area (Å²) in [6.07, 6.45) is 0. The standard InChI is InChI=1S/C21H22Cl2N2O5/c1-2-29-21(27)14-3-5-18(25-7-9-28-10-8-25)17(11-14)24-20(26)13-30-19-6-4-15(22)12-16(19)23/h3-6,11-12H,2,7-10,13H2,1H3,(H,24,26). The number of esters is 1. The van der Waals surface area contributed by atoms with Crippen molar-refractivity contribution in [2.45, 2.75) is 6.92 Å². The molecule has 1 N–H and O–H groups in total. The van der Waals surface area contributed by atoms with Gasteiger partial charge < -0.3 is 24.4 Å². The lowest BCUT2D eigenvalue weighted by atomic mass is 10.1. The van der Waals surface area contributed by atoms with Crippen LogP contribution in [0.1, 0.15) is 17.3 Å². The fraction of sp³-hybridized carbons (Fsp3) is 0.333. The number of morpholine rings is 1. The Morgan fingerprint density at radius 1 is 1.13 bits per heavy atom. The maximum Gasteiger partial charge on any atom is 0.338 e. The van der Waals surface area contributed by atoms with Crippen LogP contribution in [-0.2, 0) is 14.3 Å². The Morgan fingerprint density at radius 2 is 1.90 bits per heavy atom. The average Bonchev–Trinajstić information content (AvgIpc) is 2.74. The lowest BCUT2D eigenvalue weighted by molar-refractivity contribution is -0.118. The van der Waals surface area contributed by atoms with Crippen LogP contribution in [0, 0.1) is 0 Å². The molecule has 160 valence electrons. The van der Waals surface area contributed by atoms with E-state index in [4.69, 9.17) is 37.4 Å². The van der Waals surface area contributed by atoms with Gasteiger partial charge in [0.2, 0.25) is 0 Å². The van der Waals surface area contributed by atoms with Gasteiger partial charge >= 0.3 is 5.97 Å². The van der Waals surface area contributed by atoms with E-state index in [1.807, 2.05) is 0 Å². The zero-order valence-electron chi connectivity index (χ0n) is 16.5. The molecule has 0 radical (unpaired) electrons. The van der Waals surface area contributed by atoms with Crippen molar-refractivity contribution < 1.29 is 23.8 Å². The third-order valence-corrected chi connectivity index (χ3v) is 4.92. The van der Waals surface area contributed by atoms with Crippen molar-refractivity contribution in [2.75, 3.05) is 49.7 Å². The van der Waals surface area contributed by atoms with Crippen molar-refractivity contribution in [3.8, 4) is 5.75 Å². The number of anilines is 2. The summed E-state index contributed by atoms with van der Waals surface area (Å²) in [4.78, 5) is 26.8. The number of rotatable bonds is 7. The number of amides is 1. The molecule has 1 fully saturated rings. The Hall–Kier alpha value is -2.48. The first-order valence-electron chi connectivity index (χ1n) is 9.49. The van der Waals surface area contributed by atoms with E-state index in [2.05, 4.69) is 10.2 Å². The molecule has 30 heavy (non-hydrogen) atoms. The lowest BCUT2D eigenvalue weighted by Crippen LogP contribution is -2.37. The van der Waals surface area contributed by atoms with Crippen LogP contribution in [-0.4, -0.2) is 51.4 Å². The summed E-state index contributed by atoms with van der Waals surface area (Å²) in [6, 6.07) is 9.84. The predicted octanol–water partition coefficient (Wildman–Crippen LogP) is 4.02. The first kappa shape index (κ1) is 22.2. The van der Waals surface area contributed by atoms with Gasteiger partial charge in [-0.2, -0.15) is 0 Å². The minimum atomic E-state index is -0.453. The van der Waals surface area contributed by atoms with Gasteiger partial charge in [-0.1, -0.05) is 23.2 Å². The number of halogens is 2. The fourth-order valence-corrected chi connectivity index (χ4v) is 3.44. The van der Waals surface area contributed by atoms with Gasteiger partial charge in [-0.05, 0) is 43.3 Å². The Bertz CT molecular complexity index is 916. The summed E-state index contributed by atoms with van der Waals surface area (Å²) >= 11 is 11.9. The van der Waals surface area contributed by atoms with Crippen molar-refractivity contribution in [1.82, 2.24) is 0 Å². The molecular weight excluding hydrogens is 431 g/mol. The predicted molar refractivity (Wildman–Crippen MR) is 116 cm³/mol. The summed E-state index contributed by atoms with van der Waals surface area (Å²) in [5, 5.41) is 3.61. The van der Waals surface area contributed by atoms with E-state index >= 15 is 0 Å². The summed E-state index contributed by atoms with van der Waals surface area (Å²) in [5.41, 5.74) is 1.65. The van der Waals surface area contributed by atoms with Crippen molar-refractivity contribution in [1.29, 1.82) is 0 Å². The van der Waals surface area contributed by atoms with Crippen LogP contribution in [0.4, 0.5) is 11.4 Å². The SMILES string of the molecule is CCOC(=O)c1ccc(N2CCOCC2)c(NC(=O)COc2ccc(Cl)cc2Cl)c1. The molecule has 0 atom stereocenters. The highest BCUT2D eigenvalue weighted by molar-refractivity contribution is 6.35. The van der Waals surface area contributed by atoms with Crippen molar-refractivity contribution in [2.24, 2.45) is 0 Å². The molecule has 2 aromatic rings. The number of benzene rings is 2.